The van der Waals surface area contributed by atoms with Gasteiger partial charge in [-0.2, -0.15) is 0 Å². The molecule has 0 aliphatic carbocycles. The van der Waals surface area contributed by atoms with Gasteiger partial charge in [-0.15, -0.1) is 0 Å². The number of nitrogens with one attached hydrogen (secondary N) is 1. The van der Waals surface area contributed by atoms with Crippen molar-refractivity contribution >= 4 is 22.9 Å². The number of methoxy groups -OCH3 is 1. The molecule has 1 N–H and O–H groups in total. The highest BCUT2D eigenvalue weighted by atomic mass is 35.5. The second kappa shape index (κ2) is 6.08. The molecule has 0 saturated carbocycles. The predicted molar refractivity (Wildman–Crippen MR) is 81.6 cm³/mol. The molecule has 4 atom stereocenters. The average Bonchev–Trinajstić information content (AvgIpc) is 3.08. The molecule has 3 aliphatic rings. The molecule has 2 fully saturated rings. The van der Waals surface area contributed by atoms with Gasteiger partial charge < -0.3 is 19.7 Å². The lowest BCUT2D eigenvalue weighted by Gasteiger charge is -2.35. The van der Waals surface area contributed by atoms with Crippen molar-refractivity contribution in [1.29, 1.82) is 0 Å². The van der Waals surface area contributed by atoms with Gasteiger partial charge in [0, 0.05) is 19.7 Å². The number of likely N-dealkylation sites (N-methyl/N-ethyl adjacent to an activating group) is 1. The van der Waals surface area contributed by atoms with Gasteiger partial charge in [-0.05, 0) is 32.0 Å². The summed E-state index contributed by atoms with van der Waals surface area (Å²) in [5, 5.41) is 3.46. The van der Waals surface area contributed by atoms with Crippen molar-refractivity contribution in [1.82, 2.24) is 15.1 Å². The number of morpholine rings is 1. The highest BCUT2D eigenvalue weighted by Gasteiger charge is 2.41. The molecule has 3 aliphatic heterocycles. The number of halogens is 1. The second-order valence-corrected chi connectivity index (χ2v) is 6.17. The molecule has 0 amide bonds. The SMILES string of the molecule is COC[C@@H](C)N(C)C1N=C(Cl)NC(N2CC3C[C@@H]2CO3)=N1. The van der Waals surface area contributed by atoms with E-state index in [4.69, 9.17) is 26.1 Å². The smallest absolute Gasteiger partial charge is 0.204 e. The predicted octanol–water partition coefficient (Wildman–Crippen LogP) is 0.264. The molecule has 8 heteroatoms. The lowest BCUT2D eigenvalue weighted by Crippen LogP contribution is -2.53. The molecule has 0 aromatic carbocycles. The summed E-state index contributed by atoms with van der Waals surface area (Å²) in [6, 6.07) is 0.598. The summed E-state index contributed by atoms with van der Waals surface area (Å²) in [4.78, 5) is 13.4. The summed E-state index contributed by atoms with van der Waals surface area (Å²) in [6.07, 6.45) is 1.07. The number of rotatable bonds is 4. The van der Waals surface area contributed by atoms with E-state index in [9.17, 15) is 0 Å². The molecule has 0 aromatic rings. The lowest BCUT2D eigenvalue weighted by molar-refractivity contribution is 0.0545. The molecule has 0 aromatic heterocycles. The van der Waals surface area contributed by atoms with Crippen molar-refractivity contribution in [2.24, 2.45) is 9.98 Å². The molecule has 2 saturated heterocycles. The van der Waals surface area contributed by atoms with Crippen LogP contribution in [0.15, 0.2) is 9.98 Å². The summed E-state index contributed by atoms with van der Waals surface area (Å²) in [5.41, 5.74) is 0. The molecule has 2 bridgehead atoms. The molecule has 3 heterocycles. The van der Waals surface area contributed by atoms with Crippen LogP contribution in [0.3, 0.4) is 0 Å². The van der Waals surface area contributed by atoms with Crippen LogP contribution >= 0.6 is 11.6 Å². The minimum Gasteiger partial charge on any atom is -0.383 e. The minimum atomic E-state index is -0.320. The topological polar surface area (TPSA) is 61.7 Å². The second-order valence-electron chi connectivity index (χ2n) is 5.81. The van der Waals surface area contributed by atoms with E-state index < -0.39 is 0 Å². The fourth-order valence-electron chi connectivity index (χ4n) is 2.97. The first-order valence-corrected chi connectivity index (χ1v) is 7.63. The summed E-state index contributed by atoms with van der Waals surface area (Å²) >= 11 is 6.15. The van der Waals surface area contributed by atoms with Crippen LogP contribution < -0.4 is 5.32 Å². The van der Waals surface area contributed by atoms with Gasteiger partial charge in [0.2, 0.25) is 17.5 Å². The van der Waals surface area contributed by atoms with Crippen LogP contribution in [-0.4, -0.2) is 79.4 Å². The summed E-state index contributed by atoms with van der Waals surface area (Å²) in [6.45, 7) is 4.34. The van der Waals surface area contributed by atoms with Crippen molar-refractivity contribution < 1.29 is 9.47 Å². The van der Waals surface area contributed by atoms with Crippen molar-refractivity contribution in [3.63, 3.8) is 0 Å². The Morgan fingerprint density at radius 1 is 1.57 bits per heavy atom. The molecule has 21 heavy (non-hydrogen) atoms. The van der Waals surface area contributed by atoms with Crippen LogP contribution in [0.5, 0.6) is 0 Å². The Bertz CT molecular complexity index is 458. The number of amidine groups is 1. The lowest BCUT2D eigenvalue weighted by atomic mass is 10.2. The van der Waals surface area contributed by atoms with E-state index in [2.05, 4.69) is 27.0 Å². The zero-order valence-corrected chi connectivity index (χ0v) is 13.4. The van der Waals surface area contributed by atoms with Crippen LogP contribution in [0, 0.1) is 0 Å². The largest absolute Gasteiger partial charge is 0.383 e. The number of guanidine groups is 1. The highest BCUT2D eigenvalue weighted by molar-refractivity contribution is 6.66. The molecule has 3 rings (SSSR count). The van der Waals surface area contributed by atoms with Gasteiger partial charge in [0.25, 0.3) is 0 Å². The summed E-state index contributed by atoms with van der Waals surface area (Å²) in [5.74, 6) is 0.798. The van der Waals surface area contributed by atoms with Gasteiger partial charge in [-0.1, -0.05) is 0 Å². The minimum absolute atomic E-state index is 0.203. The van der Waals surface area contributed by atoms with Crippen LogP contribution in [0.25, 0.3) is 0 Å². The number of ether oxygens (including phenoxy) is 2. The van der Waals surface area contributed by atoms with Gasteiger partial charge in [-0.3, -0.25) is 4.90 Å². The molecule has 0 spiro atoms. The molecule has 2 unspecified atom stereocenters. The Morgan fingerprint density at radius 2 is 2.38 bits per heavy atom. The molecular formula is C13H22ClN5O2. The molecule has 118 valence electrons. The first-order chi connectivity index (χ1) is 10.1. The number of likely N-dealkylation sites (tertiary alicyclic amines) is 1. The molecule has 0 radical (unpaired) electrons. The number of hydrogen-bond acceptors (Lipinski definition) is 7. The third-order valence-electron chi connectivity index (χ3n) is 4.32. The van der Waals surface area contributed by atoms with Gasteiger partial charge >= 0.3 is 0 Å². The van der Waals surface area contributed by atoms with Gasteiger partial charge in [0.1, 0.15) is 0 Å². The molecule has 7 nitrogen and oxygen atoms in total. The van der Waals surface area contributed by atoms with Crippen molar-refractivity contribution in [3.05, 3.63) is 0 Å². The summed E-state index contributed by atoms with van der Waals surface area (Å²) in [7, 11) is 3.67. The Balaban J connectivity index is 1.73. The van der Waals surface area contributed by atoms with E-state index in [0.717, 1.165) is 25.5 Å². The maximum absolute atomic E-state index is 6.15. The number of nitrogens with zero attached hydrogens (tertiary/aromatic N) is 4. The first kappa shape index (κ1) is 15.0. The van der Waals surface area contributed by atoms with Crippen LogP contribution in [0.1, 0.15) is 13.3 Å². The first-order valence-electron chi connectivity index (χ1n) is 7.25. The van der Waals surface area contributed by atoms with Gasteiger partial charge in [0.15, 0.2) is 0 Å². The third-order valence-corrected chi connectivity index (χ3v) is 4.51. The number of aliphatic imine (C=N–C) groups is 2. The summed E-state index contributed by atoms with van der Waals surface area (Å²) < 4.78 is 10.8. The molecular weight excluding hydrogens is 294 g/mol. The van der Waals surface area contributed by atoms with E-state index in [1.165, 1.54) is 0 Å². The Labute approximate surface area is 129 Å². The highest BCUT2D eigenvalue weighted by Crippen LogP contribution is 2.28. The standard InChI is InChI=1S/C13H22ClN5O2/c1-8(6-20-3)18(2)12-15-11(14)16-13(17-12)19-5-10-4-9(19)7-21-10/h8-10,12H,4-7H2,1-3H3,(H,15,16,17)/t8-,9-,10?,12?/m1/s1. The average molecular weight is 316 g/mol. The fraction of sp³-hybridized carbons (Fsp3) is 0.846. The van der Waals surface area contributed by atoms with E-state index in [0.29, 0.717) is 24.0 Å². The number of fused-ring (bicyclic) bond motifs is 2. The van der Waals surface area contributed by atoms with Crippen LogP contribution in [-0.2, 0) is 9.47 Å². The van der Waals surface area contributed by atoms with E-state index in [1.807, 2.05) is 7.05 Å². The Morgan fingerprint density at radius 3 is 3.00 bits per heavy atom. The normalized spacial score (nSPS) is 33.0. The maximum Gasteiger partial charge on any atom is 0.204 e. The fourth-order valence-corrected chi connectivity index (χ4v) is 3.14. The van der Waals surface area contributed by atoms with Gasteiger partial charge in [0.05, 0.1) is 25.4 Å². The van der Waals surface area contributed by atoms with Crippen LogP contribution in [0.4, 0.5) is 0 Å². The zero-order valence-electron chi connectivity index (χ0n) is 12.6. The Hall–Kier alpha value is -0.890. The third kappa shape index (κ3) is 3.01. The van der Waals surface area contributed by atoms with Gasteiger partial charge in [-0.25, -0.2) is 9.98 Å². The van der Waals surface area contributed by atoms with E-state index in [1.54, 1.807) is 7.11 Å². The zero-order chi connectivity index (χ0) is 15.0. The quantitative estimate of drug-likeness (QED) is 0.754. The number of hydrogen-bond donors (Lipinski definition) is 1. The van der Waals surface area contributed by atoms with Crippen molar-refractivity contribution in [2.45, 2.75) is 37.8 Å². The van der Waals surface area contributed by atoms with Crippen molar-refractivity contribution in [3.8, 4) is 0 Å². The monoisotopic (exact) mass is 315 g/mol. The van der Waals surface area contributed by atoms with E-state index >= 15 is 0 Å². The Kier molecular flexibility index (Phi) is 4.35. The maximum atomic E-state index is 6.15. The van der Waals surface area contributed by atoms with Crippen molar-refractivity contribution in [2.75, 3.05) is 33.9 Å². The van der Waals surface area contributed by atoms with Crippen LogP contribution in [0.2, 0.25) is 0 Å². The van der Waals surface area contributed by atoms with E-state index in [-0.39, 0.29) is 12.3 Å².